The molecule has 1 aliphatic heterocycles. The van der Waals surface area contributed by atoms with Crippen molar-refractivity contribution in [1.29, 1.82) is 0 Å². The van der Waals surface area contributed by atoms with Gasteiger partial charge in [0.2, 0.25) is 23.6 Å². The van der Waals surface area contributed by atoms with E-state index in [0.717, 1.165) is 12.0 Å². The fourth-order valence-corrected chi connectivity index (χ4v) is 9.22. The molecule has 0 radical (unpaired) electrons. The third-order valence-corrected chi connectivity index (χ3v) is 12.9. The largest absolute Gasteiger partial charge is 0.444 e. The van der Waals surface area contributed by atoms with Crippen LogP contribution >= 0.6 is 0 Å². The first-order valence-corrected chi connectivity index (χ1v) is 23.7. The summed E-state index contributed by atoms with van der Waals surface area (Å²) in [7, 11) is 6.69. The van der Waals surface area contributed by atoms with E-state index in [1.54, 1.807) is 71.8 Å². The van der Waals surface area contributed by atoms with E-state index >= 15 is 0 Å². The lowest BCUT2D eigenvalue weighted by molar-refractivity contribution is -0.148. The van der Waals surface area contributed by atoms with Crippen molar-refractivity contribution in [3.8, 4) is 0 Å². The molecule has 4 N–H and O–H groups in total. The fourth-order valence-electron chi connectivity index (χ4n) is 9.22. The zero-order valence-electron chi connectivity index (χ0n) is 42.4. The number of hydrogen-bond acceptors (Lipinski definition) is 10. The van der Waals surface area contributed by atoms with Crippen LogP contribution in [0.2, 0.25) is 0 Å². The maximum absolute atomic E-state index is 14.7. The Kier molecular flexibility index (Phi) is 21.6. The standard InChI is InChI=1S/C51H82N6O9/c1-16-33(6)44(40(64-14)29-41(58)57-27-21-26-39(57)46(65-15)34(7)47(60)52-35(8)45(59)37-23-18-17-19-24-37)56(13)49(62)42(31(2)3)54-48(61)43(32(4)5)55(12)30-36-22-20-25-38(28-36)53-50(63)66-51(9,10)11/h17-20,22-25,28,31-35,39-40,42-46,59H,16,21,26-27,29-30H2,1-15H3,(H,52,60)(H,53,63)(H,54,61)/t33-,34+,35+,39-,40+,42-,43-,44-,45?,46+/m0/s1. The molecular formula is C51H82N6O9. The second-order valence-corrected chi connectivity index (χ2v) is 19.9. The molecule has 2 aromatic carbocycles. The molecule has 5 amide bonds. The zero-order valence-corrected chi connectivity index (χ0v) is 42.4. The van der Waals surface area contributed by atoms with Gasteiger partial charge in [0.05, 0.1) is 54.8 Å². The number of anilines is 1. The van der Waals surface area contributed by atoms with E-state index in [1.807, 2.05) is 102 Å². The second kappa shape index (κ2) is 25.5. The van der Waals surface area contributed by atoms with Gasteiger partial charge in [0, 0.05) is 40.0 Å². The minimum Gasteiger partial charge on any atom is -0.444 e. The number of nitrogens with one attached hydrogen (secondary N) is 3. The highest BCUT2D eigenvalue weighted by Gasteiger charge is 2.43. The molecule has 0 bridgehead atoms. The highest BCUT2D eigenvalue weighted by Crippen LogP contribution is 2.30. The first-order chi connectivity index (χ1) is 30.9. The molecular weight excluding hydrogens is 841 g/mol. The van der Waals surface area contributed by atoms with E-state index in [1.165, 1.54) is 0 Å². The molecule has 1 unspecified atom stereocenters. The molecule has 1 aliphatic rings. The topological polar surface area (TPSA) is 179 Å². The first kappa shape index (κ1) is 55.8. The maximum Gasteiger partial charge on any atom is 0.412 e. The Labute approximate surface area is 395 Å². The van der Waals surface area contributed by atoms with Crippen molar-refractivity contribution in [3.63, 3.8) is 0 Å². The van der Waals surface area contributed by atoms with E-state index in [4.69, 9.17) is 14.2 Å². The minimum absolute atomic E-state index is 0.00957. The van der Waals surface area contributed by atoms with Crippen LogP contribution in [0.1, 0.15) is 119 Å². The molecule has 66 heavy (non-hydrogen) atoms. The number of ether oxygens (including phenoxy) is 3. The summed E-state index contributed by atoms with van der Waals surface area (Å²) in [6, 6.07) is 13.6. The second-order valence-electron chi connectivity index (χ2n) is 19.9. The normalized spacial score (nSPS) is 18.4. The molecule has 0 saturated carbocycles. The molecule has 370 valence electrons. The SMILES string of the molecule is CC[C@H](C)[C@@H]([C@@H](CC(=O)N1CCC[C@H]1[C@H](OC)[C@@H](C)C(=O)N[C@H](C)C(O)c1ccccc1)OC)N(C)C(=O)[C@@H](NC(=O)[C@H](C(C)C)N(C)Cc1cccc(NC(=O)OC(C)(C)C)c1)C(C)C. The summed E-state index contributed by atoms with van der Waals surface area (Å²) in [5, 5.41) is 19.7. The number of hydrogen-bond donors (Lipinski definition) is 4. The van der Waals surface area contributed by atoms with Gasteiger partial charge in [0.15, 0.2) is 0 Å². The fraction of sp³-hybridized carbons (Fsp3) is 0.667. The van der Waals surface area contributed by atoms with E-state index < -0.39 is 60.1 Å². The van der Waals surface area contributed by atoms with Gasteiger partial charge in [0.25, 0.3) is 0 Å². The van der Waals surface area contributed by atoms with Crippen molar-refractivity contribution < 1.29 is 43.3 Å². The lowest BCUT2D eigenvalue weighted by Gasteiger charge is -2.41. The summed E-state index contributed by atoms with van der Waals surface area (Å²) in [6.07, 6.45) is -0.668. The number of aliphatic hydroxyl groups excluding tert-OH is 1. The first-order valence-electron chi connectivity index (χ1n) is 23.7. The number of carbonyl (C=O) groups is 5. The van der Waals surface area contributed by atoms with E-state index in [2.05, 4.69) is 16.0 Å². The molecule has 3 rings (SSSR count). The van der Waals surface area contributed by atoms with Crippen molar-refractivity contribution in [2.75, 3.05) is 40.2 Å². The highest BCUT2D eigenvalue weighted by atomic mass is 16.6. The Hall–Kier alpha value is -4.57. The van der Waals surface area contributed by atoms with Crippen molar-refractivity contribution in [1.82, 2.24) is 25.3 Å². The van der Waals surface area contributed by atoms with E-state index in [-0.39, 0.29) is 53.8 Å². The Morgan fingerprint density at radius 1 is 0.864 bits per heavy atom. The number of aliphatic hydroxyl groups is 1. The monoisotopic (exact) mass is 923 g/mol. The van der Waals surface area contributed by atoms with Gasteiger partial charge in [-0.05, 0) is 88.6 Å². The lowest BCUT2D eigenvalue weighted by atomic mass is 9.89. The summed E-state index contributed by atoms with van der Waals surface area (Å²) >= 11 is 0. The quantitative estimate of drug-likeness (QED) is 0.0928. The number of likely N-dealkylation sites (tertiary alicyclic amines) is 1. The van der Waals surface area contributed by atoms with Crippen molar-refractivity contribution in [2.24, 2.45) is 23.7 Å². The van der Waals surface area contributed by atoms with Gasteiger partial charge in [-0.2, -0.15) is 0 Å². The number of methoxy groups -OCH3 is 2. The number of benzene rings is 2. The van der Waals surface area contributed by atoms with Gasteiger partial charge in [-0.25, -0.2) is 4.79 Å². The Balaban J connectivity index is 1.76. The Bertz CT molecular complexity index is 1870. The zero-order chi connectivity index (χ0) is 49.6. The summed E-state index contributed by atoms with van der Waals surface area (Å²) < 4.78 is 17.5. The molecule has 1 fully saturated rings. The molecule has 0 aromatic heterocycles. The highest BCUT2D eigenvalue weighted by molar-refractivity contribution is 5.90. The van der Waals surface area contributed by atoms with Crippen LogP contribution in [0.25, 0.3) is 0 Å². The van der Waals surface area contributed by atoms with Gasteiger partial charge < -0.3 is 39.8 Å². The molecule has 15 nitrogen and oxygen atoms in total. The Morgan fingerprint density at radius 2 is 1.52 bits per heavy atom. The molecule has 15 heteroatoms. The third kappa shape index (κ3) is 15.5. The van der Waals surface area contributed by atoms with Crippen LogP contribution in [-0.4, -0.2) is 132 Å². The molecule has 1 heterocycles. The average molecular weight is 923 g/mol. The van der Waals surface area contributed by atoms with Gasteiger partial charge in [0.1, 0.15) is 11.6 Å². The summed E-state index contributed by atoms with van der Waals surface area (Å²) in [5.74, 6) is -2.11. The number of rotatable bonds is 23. The molecule has 10 atom stereocenters. The van der Waals surface area contributed by atoms with Crippen LogP contribution in [0.15, 0.2) is 54.6 Å². The Morgan fingerprint density at radius 3 is 2.08 bits per heavy atom. The van der Waals surface area contributed by atoms with Crippen molar-refractivity contribution in [2.45, 2.75) is 163 Å². The summed E-state index contributed by atoms with van der Waals surface area (Å²) in [5.41, 5.74) is 1.50. The number of carbonyl (C=O) groups excluding carboxylic acids is 5. The molecule has 0 spiro atoms. The van der Waals surface area contributed by atoms with Crippen LogP contribution in [0.4, 0.5) is 10.5 Å². The number of nitrogens with zero attached hydrogens (tertiary/aromatic N) is 3. The van der Waals surface area contributed by atoms with Gasteiger partial charge in [-0.15, -0.1) is 0 Å². The van der Waals surface area contributed by atoms with Crippen LogP contribution in [0, 0.1) is 23.7 Å². The van der Waals surface area contributed by atoms with Crippen LogP contribution < -0.4 is 16.0 Å². The lowest BCUT2D eigenvalue weighted by Crippen LogP contribution is -2.60. The van der Waals surface area contributed by atoms with Crippen LogP contribution in [0.3, 0.4) is 0 Å². The summed E-state index contributed by atoms with van der Waals surface area (Å²) in [4.78, 5) is 74.7. The average Bonchev–Trinajstić information content (AvgIpc) is 3.74. The predicted molar refractivity (Wildman–Crippen MR) is 258 cm³/mol. The van der Waals surface area contributed by atoms with Crippen LogP contribution in [-0.2, 0) is 39.9 Å². The van der Waals surface area contributed by atoms with Crippen LogP contribution in [0.5, 0.6) is 0 Å². The number of likely N-dealkylation sites (N-methyl/N-ethyl adjacent to an activating group) is 2. The van der Waals surface area contributed by atoms with Gasteiger partial charge in [-0.3, -0.25) is 29.4 Å². The predicted octanol–water partition coefficient (Wildman–Crippen LogP) is 6.79. The van der Waals surface area contributed by atoms with Gasteiger partial charge in [-0.1, -0.05) is 97.4 Å². The summed E-state index contributed by atoms with van der Waals surface area (Å²) in [6.45, 7) is 21.6. The van der Waals surface area contributed by atoms with E-state index in [9.17, 15) is 29.1 Å². The minimum atomic E-state index is -0.897. The number of amides is 5. The molecule has 0 aliphatic carbocycles. The smallest absolute Gasteiger partial charge is 0.412 e. The third-order valence-electron chi connectivity index (χ3n) is 12.9. The van der Waals surface area contributed by atoms with Crippen molar-refractivity contribution >= 4 is 35.4 Å². The van der Waals surface area contributed by atoms with E-state index in [0.29, 0.717) is 37.2 Å². The maximum atomic E-state index is 14.7. The molecule has 1 saturated heterocycles. The molecule has 2 aromatic rings. The van der Waals surface area contributed by atoms with Gasteiger partial charge >= 0.3 is 6.09 Å². The van der Waals surface area contributed by atoms with Crippen molar-refractivity contribution in [3.05, 3.63) is 65.7 Å².